The van der Waals surface area contributed by atoms with Crippen LogP contribution in [-0.2, 0) is 40.0 Å². The fourth-order valence-corrected chi connectivity index (χ4v) is 7.79. The maximum absolute atomic E-state index is 12.6. The Balaban J connectivity index is 1.15. The molecule has 37 heavy (non-hydrogen) atoms. The van der Waals surface area contributed by atoms with Gasteiger partial charge in [0.1, 0.15) is 10.0 Å². The lowest BCUT2D eigenvalue weighted by molar-refractivity contribution is -0.116. The molecule has 0 atom stereocenters. The highest BCUT2D eigenvalue weighted by Crippen LogP contribution is 2.40. The number of esters is 2. The van der Waals surface area contributed by atoms with Crippen LogP contribution in [0.15, 0.2) is 0 Å². The topological polar surface area (TPSA) is 93.7 Å². The summed E-state index contributed by atoms with van der Waals surface area (Å²) in [6.45, 7) is 5.19. The summed E-state index contributed by atoms with van der Waals surface area (Å²) in [5.74, 6) is -0.569. The summed E-state index contributed by atoms with van der Waals surface area (Å²) in [7, 11) is 0. The summed E-state index contributed by atoms with van der Waals surface area (Å²) in [5, 5.41) is 8.07. The van der Waals surface area contributed by atoms with Crippen molar-refractivity contribution in [3.63, 3.8) is 0 Å². The first kappa shape index (κ1) is 27.6. The Labute approximate surface area is 227 Å². The number of rotatable bonds is 14. The Morgan fingerprint density at radius 1 is 0.730 bits per heavy atom. The third-order valence-electron chi connectivity index (χ3n) is 6.92. The van der Waals surface area contributed by atoms with E-state index in [-0.39, 0.29) is 17.8 Å². The van der Waals surface area contributed by atoms with Crippen LogP contribution in [0.3, 0.4) is 0 Å². The molecular weight excluding hydrogens is 508 g/mol. The SMILES string of the molecule is CCOC(=O)c1c(NCCCCCCCC(=O)Nc2sc3c(c2C(=O)OCC)CCC3)sc2c1CCC2. The minimum atomic E-state index is -0.327. The van der Waals surface area contributed by atoms with Crippen LogP contribution in [0, 0.1) is 0 Å². The number of hydrogen-bond acceptors (Lipinski definition) is 8. The van der Waals surface area contributed by atoms with Gasteiger partial charge in [0.2, 0.25) is 5.91 Å². The fourth-order valence-electron chi connectivity index (χ4n) is 5.19. The first-order valence-corrected chi connectivity index (χ1v) is 15.3. The second-order valence-corrected chi connectivity index (χ2v) is 11.8. The molecule has 1 amide bonds. The number of carbonyl (C=O) groups is 3. The molecular formula is C28H38N2O5S2. The summed E-state index contributed by atoms with van der Waals surface area (Å²) >= 11 is 3.23. The van der Waals surface area contributed by atoms with Gasteiger partial charge in [0.25, 0.3) is 0 Å². The van der Waals surface area contributed by atoms with Gasteiger partial charge in [-0.05, 0) is 76.3 Å². The second kappa shape index (κ2) is 13.4. The van der Waals surface area contributed by atoms with Gasteiger partial charge >= 0.3 is 11.9 Å². The van der Waals surface area contributed by atoms with Gasteiger partial charge < -0.3 is 20.1 Å². The molecule has 2 heterocycles. The number of anilines is 2. The molecule has 0 spiro atoms. The minimum absolute atomic E-state index is 0.0376. The maximum Gasteiger partial charge on any atom is 0.341 e. The molecule has 0 fully saturated rings. The van der Waals surface area contributed by atoms with Gasteiger partial charge in [-0.2, -0.15) is 0 Å². The van der Waals surface area contributed by atoms with Gasteiger partial charge in [-0.15, -0.1) is 22.7 Å². The number of hydrogen-bond donors (Lipinski definition) is 2. The minimum Gasteiger partial charge on any atom is -0.462 e. The summed E-state index contributed by atoms with van der Waals surface area (Å²) in [6.07, 6.45) is 11.4. The third-order valence-corrected chi connectivity index (χ3v) is 9.38. The lowest BCUT2D eigenvalue weighted by atomic mass is 10.1. The standard InChI is InChI=1S/C28H38N2O5S2/c1-3-34-27(32)23-18-12-10-14-20(18)36-25(23)29-17-9-7-5-6-8-16-22(31)30-26-24(28(33)35-4-2)19-13-11-15-21(19)37-26/h29H,3-17H2,1-2H3,(H,30,31). The molecule has 0 radical (unpaired) electrons. The first-order valence-electron chi connectivity index (χ1n) is 13.7. The number of carbonyl (C=O) groups excluding carboxylic acids is 3. The molecule has 2 N–H and O–H groups in total. The first-order chi connectivity index (χ1) is 18.0. The molecule has 2 aromatic heterocycles. The summed E-state index contributed by atoms with van der Waals surface area (Å²) in [6, 6.07) is 0. The zero-order valence-electron chi connectivity index (χ0n) is 22.0. The van der Waals surface area contributed by atoms with Crippen LogP contribution in [0.5, 0.6) is 0 Å². The number of unbranched alkanes of at least 4 members (excludes halogenated alkanes) is 4. The zero-order valence-corrected chi connectivity index (χ0v) is 23.6. The van der Waals surface area contributed by atoms with Gasteiger partial charge in [0, 0.05) is 22.7 Å². The van der Waals surface area contributed by atoms with E-state index in [1.165, 1.54) is 26.7 Å². The van der Waals surface area contributed by atoms with Crippen LogP contribution in [0.2, 0.25) is 0 Å². The molecule has 0 saturated heterocycles. The molecule has 7 nitrogen and oxygen atoms in total. The van der Waals surface area contributed by atoms with Crippen LogP contribution in [0.25, 0.3) is 0 Å². The molecule has 0 unspecified atom stereocenters. The van der Waals surface area contributed by atoms with E-state index in [1.54, 1.807) is 18.3 Å². The number of aryl methyl sites for hydroxylation is 2. The van der Waals surface area contributed by atoms with Gasteiger partial charge in [0.05, 0.1) is 24.3 Å². The molecule has 0 saturated carbocycles. The lowest BCUT2D eigenvalue weighted by Crippen LogP contribution is -2.14. The second-order valence-electron chi connectivity index (χ2n) is 9.56. The van der Waals surface area contributed by atoms with Gasteiger partial charge in [0.15, 0.2) is 0 Å². The van der Waals surface area contributed by atoms with Crippen molar-refractivity contribution in [3.05, 3.63) is 32.0 Å². The van der Waals surface area contributed by atoms with Crippen molar-refractivity contribution in [3.8, 4) is 0 Å². The van der Waals surface area contributed by atoms with E-state index < -0.39 is 0 Å². The number of amides is 1. The average Bonchev–Trinajstić information content (AvgIpc) is 3.62. The molecule has 0 bridgehead atoms. The van der Waals surface area contributed by atoms with E-state index in [2.05, 4.69) is 10.6 Å². The van der Waals surface area contributed by atoms with E-state index in [0.717, 1.165) is 93.3 Å². The Hall–Kier alpha value is -2.39. The van der Waals surface area contributed by atoms with Gasteiger partial charge in [-0.25, -0.2) is 9.59 Å². The predicted molar refractivity (Wildman–Crippen MR) is 149 cm³/mol. The van der Waals surface area contributed by atoms with Crippen molar-refractivity contribution in [1.82, 2.24) is 0 Å². The number of ether oxygens (including phenoxy) is 2. The summed E-state index contributed by atoms with van der Waals surface area (Å²) in [4.78, 5) is 40.0. The Kier molecular flexibility index (Phi) is 10.0. The Morgan fingerprint density at radius 3 is 1.89 bits per heavy atom. The highest BCUT2D eigenvalue weighted by Gasteiger charge is 2.29. The van der Waals surface area contributed by atoms with Crippen molar-refractivity contribution in [2.75, 3.05) is 30.4 Å². The monoisotopic (exact) mass is 546 g/mol. The Morgan fingerprint density at radius 2 is 1.27 bits per heavy atom. The van der Waals surface area contributed by atoms with Gasteiger partial charge in [-0.1, -0.05) is 19.3 Å². The van der Waals surface area contributed by atoms with Crippen molar-refractivity contribution in [2.24, 2.45) is 0 Å². The summed E-state index contributed by atoms with van der Waals surface area (Å²) < 4.78 is 10.5. The van der Waals surface area contributed by atoms with E-state index in [9.17, 15) is 14.4 Å². The zero-order chi connectivity index (χ0) is 26.2. The van der Waals surface area contributed by atoms with E-state index in [4.69, 9.17) is 9.47 Å². The van der Waals surface area contributed by atoms with E-state index in [1.807, 2.05) is 6.92 Å². The average molecular weight is 547 g/mol. The lowest BCUT2D eigenvalue weighted by Gasteiger charge is -2.09. The molecule has 4 rings (SSSR count). The molecule has 2 aliphatic carbocycles. The maximum atomic E-state index is 12.6. The van der Waals surface area contributed by atoms with Crippen LogP contribution < -0.4 is 10.6 Å². The quantitative estimate of drug-likeness (QED) is 0.207. The van der Waals surface area contributed by atoms with Crippen molar-refractivity contribution < 1.29 is 23.9 Å². The molecule has 2 aromatic rings. The van der Waals surface area contributed by atoms with Crippen molar-refractivity contribution >= 4 is 50.5 Å². The smallest absolute Gasteiger partial charge is 0.341 e. The highest BCUT2D eigenvalue weighted by atomic mass is 32.1. The van der Waals surface area contributed by atoms with Crippen molar-refractivity contribution in [2.45, 2.75) is 90.9 Å². The van der Waals surface area contributed by atoms with E-state index in [0.29, 0.717) is 30.2 Å². The third kappa shape index (κ3) is 6.74. The number of nitrogens with one attached hydrogen (secondary N) is 2. The fraction of sp³-hybridized carbons (Fsp3) is 0.607. The van der Waals surface area contributed by atoms with Gasteiger partial charge in [-0.3, -0.25) is 4.79 Å². The number of fused-ring (bicyclic) bond motifs is 2. The molecule has 202 valence electrons. The normalized spacial score (nSPS) is 13.8. The Bertz CT molecular complexity index is 1120. The number of thiophene rings is 2. The van der Waals surface area contributed by atoms with Crippen LogP contribution in [0.1, 0.15) is 107 Å². The van der Waals surface area contributed by atoms with Crippen LogP contribution in [0.4, 0.5) is 10.0 Å². The molecule has 0 aromatic carbocycles. The van der Waals surface area contributed by atoms with Crippen molar-refractivity contribution in [1.29, 1.82) is 0 Å². The molecule has 0 aliphatic heterocycles. The molecule has 9 heteroatoms. The largest absolute Gasteiger partial charge is 0.462 e. The van der Waals surface area contributed by atoms with E-state index >= 15 is 0 Å². The van der Waals surface area contributed by atoms with Crippen LogP contribution >= 0.6 is 22.7 Å². The predicted octanol–water partition coefficient (Wildman–Crippen LogP) is 6.53. The van der Waals surface area contributed by atoms with Crippen LogP contribution in [-0.4, -0.2) is 37.6 Å². The highest BCUT2D eigenvalue weighted by molar-refractivity contribution is 7.17. The molecule has 2 aliphatic rings. The summed E-state index contributed by atoms with van der Waals surface area (Å²) in [5.41, 5.74) is 3.58.